The minimum atomic E-state index is -4.10. The summed E-state index contributed by atoms with van der Waals surface area (Å²) in [4.78, 5) is 0. The Hall–Kier alpha value is 1.01. The number of halogens is 1. The van der Waals surface area contributed by atoms with Gasteiger partial charge in [0.05, 0.1) is 0 Å². The molecule has 5 nitrogen and oxygen atoms in total. The van der Waals surface area contributed by atoms with Gasteiger partial charge >= 0.3 is 52.7 Å². The first-order chi connectivity index (χ1) is 2.56. The van der Waals surface area contributed by atoms with Gasteiger partial charge < -0.3 is 5.48 Å². The van der Waals surface area contributed by atoms with E-state index in [2.05, 4.69) is 2.24 Å². The van der Waals surface area contributed by atoms with Crippen molar-refractivity contribution in [2.45, 2.75) is 0 Å². The van der Waals surface area contributed by atoms with Gasteiger partial charge in [0, 0.05) is 0 Å². The van der Waals surface area contributed by atoms with Crippen LogP contribution in [-0.4, -0.2) is 31.7 Å². The van der Waals surface area contributed by atoms with E-state index in [4.69, 9.17) is 0 Å². The number of hydrogen-bond acceptors (Lipinski definition) is 4. The Bertz CT molecular complexity index is 37.8. The molecule has 0 fully saturated rings. The molecule has 0 atom stereocenters. The molecule has 0 aliphatic carbocycles. The molecule has 0 aromatic rings. The SMILES string of the molecule is O.[O-][Cl+3]([O-])([O-])[O][Tl]. The van der Waals surface area contributed by atoms with Crippen LogP contribution >= 0.6 is 0 Å². The Morgan fingerprint density at radius 3 is 1.43 bits per heavy atom. The van der Waals surface area contributed by atoms with E-state index in [0.29, 0.717) is 0 Å². The molecule has 0 aromatic heterocycles. The van der Waals surface area contributed by atoms with E-state index in [-0.39, 0.29) is 31.7 Å². The van der Waals surface area contributed by atoms with E-state index in [1.54, 1.807) is 0 Å². The Morgan fingerprint density at radius 2 is 1.43 bits per heavy atom. The fourth-order valence-electron chi connectivity index (χ4n) is 0. The molecule has 7 heavy (non-hydrogen) atoms. The fourth-order valence-corrected chi connectivity index (χ4v) is 0. The molecule has 42 valence electrons. The zero-order chi connectivity index (χ0) is 5.21. The average molecular weight is 322 g/mol. The van der Waals surface area contributed by atoms with Gasteiger partial charge in [-0.1, -0.05) is 0 Å². The predicted octanol–water partition coefficient (Wildman–Crippen LogP) is -4.84. The summed E-state index contributed by atoms with van der Waals surface area (Å²) in [6, 6.07) is 0. The molecule has 0 unspecified atom stereocenters. The van der Waals surface area contributed by atoms with Crippen molar-refractivity contribution in [2.75, 3.05) is 0 Å². The number of rotatable bonds is 1. The molecule has 0 aliphatic rings. The van der Waals surface area contributed by atoms with Crippen LogP contribution in [0.1, 0.15) is 0 Å². The van der Waals surface area contributed by atoms with Crippen molar-refractivity contribution in [1.82, 2.24) is 0 Å². The minimum absolute atomic E-state index is 0. The van der Waals surface area contributed by atoms with Crippen LogP contribution in [0.15, 0.2) is 0 Å². The predicted molar refractivity (Wildman–Crippen MR) is 10.5 cm³/mol. The monoisotopic (exact) mass is 322 g/mol. The van der Waals surface area contributed by atoms with Gasteiger partial charge in [-0.25, -0.2) is 0 Å². The van der Waals surface area contributed by atoms with Crippen molar-refractivity contribution >= 4 is 26.2 Å². The maximum atomic E-state index is 9.24. The van der Waals surface area contributed by atoms with E-state index in [1.807, 2.05) is 0 Å². The standard InChI is InChI=1S/ClHO4.H2O.Tl/c2-1(3,4)5;;/h(H,2,3,4,5);1H2;/q;;+1/p-1. The van der Waals surface area contributed by atoms with Crippen LogP contribution in [0.4, 0.5) is 0 Å². The first kappa shape index (κ1) is 10.9. The molecule has 0 amide bonds. The fraction of sp³-hybridized carbons (Fsp3) is 0. The Kier molecular flexibility index (Phi) is 6.15. The van der Waals surface area contributed by atoms with Crippen LogP contribution in [0.5, 0.6) is 0 Å². The summed E-state index contributed by atoms with van der Waals surface area (Å²) in [6.07, 6.45) is 0. The molecule has 0 saturated heterocycles. The Balaban J connectivity index is 0. The van der Waals surface area contributed by atoms with Gasteiger partial charge in [-0.05, 0) is 0 Å². The van der Waals surface area contributed by atoms with Gasteiger partial charge in [0.15, 0.2) is 0 Å². The van der Waals surface area contributed by atoms with Gasteiger partial charge in [-0.15, -0.1) is 0 Å². The van der Waals surface area contributed by atoms with Gasteiger partial charge in [0.25, 0.3) is 0 Å². The van der Waals surface area contributed by atoms with Crippen LogP contribution in [0.3, 0.4) is 0 Å². The molecule has 0 saturated carbocycles. The van der Waals surface area contributed by atoms with Crippen LogP contribution in [-0.2, 0) is 2.24 Å². The van der Waals surface area contributed by atoms with Gasteiger partial charge in [0.2, 0.25) is 0 Å². The molecule has 0 aliphatic heterocycles. The first-order valence-corrected chi connectivity index (χ1v) is 3.92. The second-order valence-corrected chi connectivity index (χ2v) is 3.48. The first-order valence-electron chi connectivity index (χ1n) is 0.853. The molecule has 0 spiro atoms. The molecule has 0 heterocycles. The van der Waals surface area contributed by atoms with E-state index in [1.165, 1.54) is 0 Å². The van der Waals surface area contributed by atoms with E-state index in [9.17, 15) is 14.0 Å². The van der Waals surface area contributed by atoms with Crippen molar-refractivity contribution in [3.63, 3.8) is 0 Å². The zero-order valence-electron chi connectivity index (χ0n) is 3.09. The summed E-state index contributed by atoms with van der Waals surface area (Å²) in [5.41, 5.74) is 0. The zero-order valence-corrected chi connectivity index (χ0v) is 8.33. The second kappa shape index (κ2) is 3.95. The summed E-state index contributed by atoms with van der Waals surface area (Å²) in [6.45, 7) is 0. The van der Waals surface area contributed by atoms with Gasteiger partial charge in [-0.3, -0.25) is 0 Å². The third-order valence-corrected chi connectivity index (χ3v) is 2.87. The topological polar surface area (TPSA) is 110 Å². The summed E-state index contributed by atoms with van der Waals surface area (Å²) < 4.78 is 31.2. The molecule has 7 heteroatoms. The third kappa shape index (κ3) is 10.9. The van der Waals surface area contributed by atoms with Crippen molar-refractivity contribution in [2.24, 2.45) is 0 Å². The van der Waals surface area contributed by atoms with Crippen molar-refractivity contribution in [1.29, 1.82) is 0 Å². The van der Waals surface area contributed by atoms with Crippen LogP contribution in [0, 0.1) is 10.2 Å². The van der Waals surface area contributed by atoms with Crippen LogP contribution < -0.4 is 14.0 Å². The molecular weight excluding hydrogens is 320 g/mol. The maximum absolute atomic E-state index is 9.24. The van der Waals surface area contributed by atoms with Gasteiger partial charge in [-0.2, -0.15) is 0 Å². The van der Waals surface area contributed by atoms with Crippen molar-refractivity contribution < 1.29 is 31.9 Å². The van der Waals surface area contributed by atoms with Crippen molar-refractivity contribution in [3.05, 3.63) is 0 Å². The molecule has 0 radical (unpaired) electrons. The van der Waals surface area contributed by atoms with E-state index < -0.39 is 10.2 Å². The van der Waals surface area contributed by atoms with Crippen LogP contribution in [0.25, 0.3) is 0 Å². The van der Waals surface area contributed by atoms with Gasteiger partial charge in [0.1, 0.15) is 0 Å². The Labute approximate surface area is 58.3 Å². The molecular formula is H2ClO5Tl. The van der Waals surface area contributed by atoms with E-state index in [0.717, 1.165) is 0 Å². The Morgan fingerprint density at radius 1 is 1.29 bits per heavy atom. The summed E-state index contributed by atoms with van der Waals surface area (Å²) >= 11 is -0.237. The summed E-state index contributed by atoms with van der Waals surface area (Å²) in [5, 5.41) is 0. The summed E-state index contributed by atoms with van der Waals surface area (Å²) in [5.74, 6) is 0. The average Bonchev–Trinajstić information content (AvgIpc) is 1.35. The number of hydrogen-bond donors (Lipinski definition) is 0. The third-order valence-electron chi connectivity index (χ3n) is 0.109. The quantitative estimate of drug-likeness (QED) is 0.451. The summed E-state index contributed by atoms with van der Waals surface area (Å²) in [7, 11) is -4.10. The molecule has 0 aromatic carbocycles. The normalized spacial score (nSPS) is 10.0. The molecule has 2 N–H and O–H groups in total. The second-order valence-electron chi connectivity index (χ2n) is 0.467. The molecule has 0 bridgehead atoms. The van der Waals surface area contributed by atoms with Crippen LogP contribution in [0.2, 0.25) is 0 Å². The van der Waals surface area contributed by atoms with Crippen molar-refractivity contribution in [3.8, 4) is 0 Å². The molecule has 0 rings (SSSR count). The van der Waals surface area contributed by atoms with E-state index >= 15 is 0 Å².